The first-order valence-corrected chi connectivity index (χ1v) is 8.92. The van der Waals surface area contributed by atoms with Gasteiger partial charge in [-0.2, -0.15) is 0 Å². The summed E-state index contributed by atoms with van der Waals surface area (Å²) in [5.74, 6) is 0.197. The van der Waals surface area contributed by atoms with Crippen LogP contribution in [0.1, 0.15) is 50.4 Å². The fourth-order valence-electron chi connectivity index (χ4n) is 2.75. The molecule has 5 heteroatoms. The second-order valence-corrected chi connectivity index (χ2v) is 6.57. The molecule has 0 radical (unpaired) electrons. The lowest BCUT2D eigenvalue weighted by Gasteiger charge is -2.27. The molecule has 0 saturated carbocycles. The lowest BCUT2D eigenvalue weighted by Crippen LogP contribution is -2.48. The van der Waals surface area contributed by atoms with Crippen molar-refractivity contribution in [1.29, 1.82) is 0 Å². The van der Waals surface area contributed by atoms with Crippen LogP contribution in [0, 0.1) is 0 Å². The van der Waals surface area contributed by atoms with Crippen LogP contribution in [0.2, 0.25) is 0 Å². The zero-order valence-electron chi connectivity index (χ0n) is 15.5. The van der Waals surface area contributed by atoms with E-state index < -0.39 is 6.04 Å². The zero-order valence-corrected chi connectivity index (χ0v) is 15.5. The number of carbonyl (C=O) groups is 2. The topological polar surface area (TPSA) is 58.6 Å². The van der Waals surface area contributed by atoms with E-state index >= 15 is 0 Å². The first-order valence-electron chi connectivity index (χ1n) is 8.92. The number of amides is 2. The SMILES string of the molecule is CC[C@H]1C/C=C\C[C@@H](C)Oc2ccccc2C(=O)N(C)[C@H](C)C(=O)N1. The highest BCUT2D eigenvalue weighted by molar-refractivity contribution is 5.99. The van der Waals surface area contributed by atoms with Crippen molar-refractivity contribution in [3.8, 4) is 5.75 Å². The predicted molar refractivity (Wildman–Crippen MR) is 98.7 cm³/mol. The largest absolute Gasteiger partial charge is 0.490 e. The molecule has 1 aromatic carbocycles. The van der Waals surface area contributed by atoms with E-state index in [0.717, 1.165) is 19.3 Å². The van der Waals surface area contributed by atoms with Gasteiger partial charge in [0.25, 0.3) is 5.91 Å². The molecule has 0 saturated heterocycles. The first kappa shape index (κ1) is 19.0. The van der Waals surface area contributed by atoms with Gasteiger partial charge in [0.15, 0.2) is 0 Å². The molecule has 1 N–H and O–H groups in total. The fourth-order valence-corrected chi connectivity index (χ4v) is 2.75. The minimum absolute atomic E-state index is 0.0365. The van der Waals surface area contributed by atoms with E-state index in [2.05, 4.69) is 17.5 Å². The molecule has 1 aromatic rings. The molecule has 0 spiro atoms. The molecule has 1 aliphatic rings. The number of likely N-dealkylation sites (N-methyl/N-ethyl adjacent to an activating group) is 1. The highest BCUT2D eigenvalue weighted by atomic mass is 16.5. The van der Waals surface area contributed by atoms with Crippen LogP contribution < -0.4 is 10.1 Å². The van der Waals surface area contributed by atoms with E-state index in [1.165, 1.54) is 4.90 Å². The zero-order chi connectivity index (χ0) is 18.4. The number of nitrogens with one attached hydrogen (secondary N) is 1. The molecule has 1 heterocycles. The first-order chi connectivity index (χ1) is 11.9. The van der Waals surface area contributed by atoms with Crippen molar-refractivity contribution in [2.45, 2.75) is 58.2 Å². The maximum atomic E-state index is 12.9. The molecular formula is C20H28N2O3. The van der Waals surface area contributed by atoms with Crippen LogP contribution in [0.5, 0.6) is 5.75 Å². The average molecular weight is 344 g/mol. The number of carbonyl (C=O) groups excluding carboxylic acids is 2. The number of benzene rings is 1. The van der Waals surface area contributed by atoms with Crippen LogP contribution in [0.15, 0.2) is 36.4 Å². The van der Waals surface area contributed by atoms with Gasteiger partial charge in [0.1, 0.15) is 11.8 Å². The maximum absolute atomic E-state index is 12.9. The maximum Gasteiger partial charge on any atom is 0.258 e. The van der Waals surface area contributed by atoms with Crippen LogP contribution in [0.3, 0.4) is 0 Å². The third kappa shape index (κ3) is 4.84. The van der Waals surface area contributed by atoms with Crippen LogP contribution in [0.25, 0.3) is 0 Å². The van der Waals surface area contributed by atoms with Gasteiger partial charge >= 0.3 is 0 Å². The normalized spacial score (nSPS) is 26.9. The van der Waals surface area contributed by atoms with Crippen molar-refractivity contribution in [1.82, 2.24) is 10.2 Å². The summed E-state index contributed by atoms with van der Waals surface area (Å²) in [6.45, 7) is 5.78. The second-order valence-electron chi connectivity index (χ2n) is 6.57. The van der Waals surface area contributed by atoms with Gasteiger partial charge in [-0.15, -0.1) is 0 Å². The van der Waals surface area contributed by atoms with Gasteiger partial charge in [-0.3, -0.25) is 9.59 Å². The summed E-state index contributed by atoms with van der Waals surface area (Å²) >= 11 is 0. The Hall–Kier alpha value is -2.30. The van der Waals surface area contributed by atoms with E-state index in [4.69, 9.17) is 4.74 Å². The molecule has 0 bridgehead atoms. The molecule has 136 valence electrons. The van der Waals surface area contributed by atoms with Gasteiger partial charge in [0, 0.05) is 19.5 Å². The Balaban J connectivity index is 2.34. The second kappa shape index (κ2) is 8.70. The summed E-state index contributed by atoms with van der Waals surface area (Å²) in [6, 6.07) is 6.70. The highest BCUT2D eigenvalue weighted by Gasteiger charge is 2.26. The molecule has 3 atom stereocenters. The molecule has 2 amide bonds. The van der Waals surface area contributed by atoms with Crippen molar-refractivity contribution in [3.63, 3.8) is 0 Å². The summed E-state index contributed by atoms with van der Waals surface area (Å²) in [5, 5.41) is 3.04. The molecule has 5 nitrogen and oxygen atoms in total. The Morgan fingerprint density at radius 1 is 1.16 bits per heavy atom. The summed E-state index contributed by atoms with van der Waals surface area (Å²) in [4.78, 5) is 26.9. The lowest BCUT2D eigenvalue weighted by molar-refractivity contribution is -0.125. The Morgan fingerprint density at radius 2 is 1.84 bits per heavy atom. The van der Waals surface area contributed by atoms with Gasteiger partial charge in [-0.05, 0) is 38.8 Å². The van der Waals surface area contributed by atoms with Crippen molar-refractivity contribution in [2.75, 3.05) is 7.05 Å². The number of hydrogen-bond acceptors (Lipinski definition) is 3. The third-order valence-electron chi connectivity index (χ3n) is 4.62. The molecule has 1 aliphatic heterocycles. The van der Waals surface area contributed by atoms with Gasteiger partial charge in [-0.25, -0.2) is 0 Å². The fraction of sp³-hybridized carbons (Fsp3) is 0.500. The Morgan fingerprint density at radius 3 is 2.56 bits per heavy atom. The minimum atomic E-state index is -0.557. The number of para-hydroxylation sites is 1. The molecule has 25 heavy (non-hydrogen) atoms. The average Bonchev–Trinajstić information content (AvgIpc) is 2.61. The summed E-state index contributed by atoms with van der Waals surface area (Å²) in [5.41, 5.74) is 0.476. The van der Waals surface area contributed by atoms with Gasteiger partial charge in [0.05, 0.1) is 11.7 Å². The number of nitrogens with zero attached hydrogens (tertiary/aromatic N) is 1. The molecule has 0 aliphatic carbocycles. The number of hydrogen-bond donors (Lipinski definition) is 1. The van der Waals surface area contributed by atoms with E-state index in [9.17, 15) is 9.59 Å². The van der Waals surface area contributed by atoms with Gasteiger partial charge in [0.2, 0.25) is 5.91 Å². The van der Waals surface area contributed by atoms with Crippen molar-refractivity contribution in [3.05, 3.63) is 42.0 Å². The number of ether oxygens (including phenoxy) is 1. The van der Waals surface area contributed by atoms with Crippen LogP contribution in [0.4, 0.5) is 0 Å². The molecule has 2 rings (SSSR count). The summed E-state index contributed by atoms with van der Waals surface area (Å²) in [6.07, 6.45) is 6.49. The minimum Gasteiger partial charge on any atom is -0.490 e. The smallest absolute Gasteiger partial charge is 0.258 e. The van der Waals surface area contributed by atoms with Crippen molar-refractivity contribution < 1.29 is 14.3 Å². The summed E-state index contributed by atoms with van der Waals surface area (Å²) in [7, 11) is 1.65. The molecule has 0 fully saturated rings. The van der Waals surface area contributed by atoms with Crippen LogP contribution >= 0.6 is 0 Å². The Kier molecular flexibility index (Phi) is 6.62. The van der Waals surface area contributed by atoms with E-state index in [0.29, 0.717) is 11.3 Å². The molecular weight excluding hydrogens is 316 g/mol. The quantitative estimate of drug-likeness (QED) is 0.796. The van der Waals surface area contributed by atoms with Crippen LogP contribution in [-0.4, -0.2) is 41.9 Å². The van der Waals surface area contributed by atoms with Crippen molar-refractivity contribution in [2.24, 2.45) is 0 Å². The predicted octanol–water partition coefficient (Wildman–Crippen LogP) is 3.16. The van der Waals surface area contributed by atoms with Crippen LogP contribution in [-0.2, 0) is 4.79 Å². The molecule has 0 aromatic heterocycles. The van der Waals surface area contributed by atoms with Crippen molar-refractivity contribution >= 4 is 11.8 Å². The van der Waals surface area contributed by atoms with E-state index in [1.807, 2.05) is 19.9 Å². The Labute approximate surface area is 150 Å². The lowest BCUT2D eigenvalue weighted by atomic mass is 10.1. The summed E-state index contributed by atoms with van der Waals surface area (Å²) < 4.78 is 5.98. The van der Waals surface area contributed by atoms with Gasteiger partial charge < -0.3 is 15.0 Å². The number of fused-ring (bicyclic) bond motifs is 1. The highest BCUT2D eigenvalue weighted by Crippen LogP contribution is 2.22. The van der Waals surface area contributed by atoms with E-state index in [-0.39, 0.29) is 24.0 Å². The van der Waals surface area contributed by atoms with Gasteiger partial charge in [-0.1, -0.05) is 31.2 Å². The number of rotatable bonds is 1. The third-order valence-corrected chi connectivity index (χ3v) is 4.62. The Bertz CT molecular complexity index is 642. The monoisotopic (exact) mass is 344 g/mol. The standard InChI is InChI=1S/C20H28N2O3/c1-5-16-11-7-6-10-14(2)25-18-13-9-8-12-17(18)20(24)22(4)15(3)19(23)21-16/h6-9,12-16H,5,10-11H2,1-4H3,(H,21,23)/b7-6-/t14-,15-,16+/m1/s1. The van der Waals surface area contributed by atoms with E-state index in [1.54, 1.807) is 32.2 Å². The molecule has 0 unspecified atom stereocenters.